The molecule has 0 saturated heterocycles. The fourth-order valence-corrected chi connectivity index (χ4v) is 5.55. The topological polar surface area (TPSA) is 52.6 Å². The average Bonchev–Trinajstić information content (AvgIpc) is 2.88. The summed E-state index contributed by atoms with van der Waals surface area (Å²) in [6.45, 7) is 8.96. The van der Waals surface area contributed by atoms with E-state index in [-0.39, 0.29) is 29.9 Å². The number of ether oxygens (including phenoxy) is 2. The van der Waals surface area contributed by atoms with E-state index in [2.05, 4.69) is 20.8 Å². The molecule has 1 saturated carbocycles. The molecule has 0 radical (unpaired) electrons. The van der Waals surface area contributed by atoms with Crippen molar-refractivity contribution in [2.75, 3.05) is 6.61 Å². The average molecular weight is 509 g/mol. The molecule has 0 aromatic rings. The van der Waals surface area contributed by atoms with Gasteiger partial charge in [0.15, 0.2) is 0 Å². The Morgan fingerprint density at radius 1 is 0.639 bits per heavy atom. The summed E-state index contributed by atoms with van der Waals surface area (Å²) < 4.78 is 11.4. The van der Waals surface area contributed by atoms with Gasteiger partial charge in [-0.1, -0.05) is 137 Å². The number of rotatable bonds is 22. The molecule has 0 amide bonds. The molecular formula is C32H60O4. The van der Waals surface area contributed by atoms with Gasteiger partial charge in [0.2, 0.25) is 0 Å². The van der Waals surface area contributed by atoms with Gasteiger partial charge in [0.25, 0.3) is 0 Å². The Morgan fingerprint density at radius 3 is 1.47 bits per heavy atom. The molecular weight excluding hydrogens is 448 g/mol. The van der Waals surface area contributed by atoms with Crippen molar-refractivity contribution in [3.8, 4) is 0 Å². The molecule has 1 fully saturated rings. The second-order valence-corrected chi connectivity index (χ2v) is 11.6. The first-order chi connectivity index (χ1) is 17.5. The van der Waals surface area contributed by atoms with Crippen LogP contribution >= 0.6 is 0 Å². The van der Waals surface area contributed by atoms with Gasteiger partial charge in [-0.2, -0.15) is 0 Å². The zero-order valence-electron chi connectivity index (χ0n) is 24.5. The molecule has 0 spiro atoms. The van der Waals surface area contributed by atoms with Crippen LogP contribution in [-0.2, 0) is 19.1 Å². The van der Waals surface area contributed by atoms with E-state index in [9.17, 15) is 9.59 Å². The highest BCUT2D eigenvalue weighted by Gasteiger charge is 2.38. The third-order valence-corrected chi connectivity index (χ3v) is 8.03. The molecule has 3 atom stereocenters. The second kappa shape index (κ2) is 22.0. The number of esters is 2. The van der Waals surface area contributed by atoms with Crippen LogP contribution in [0.3, 0.4) is 0 Å². The fourth-order valence-electron chi connectivity index (χ4n) is 5.55. The highest BCUT2D eigenvalue weighted by molar-refractivity contribution is 5.82. The van der Waals surface area contributed by atoms with E-state index in [0.29, 0.717) is 12.5 Å². The van der Waals surface area contributed by atoms with E-state index in [1.165, 1.54) is 89.9 Å². The van der Waals surface area contributed by atoms with Gasteiger partial charge in [-0.3, -0.25) is 9.59 Å². The SMILES string of the molecule is CCCCCCCCCCCCCCCCCCOC(=O)C1CCCCC1C(=O)OC(CC)C(C)C. The first-order valence-electron chi connectivity index (χ1n) is 15.9. The molecule has 36 heavy (non-hydrogen) atoms. The fraction of sp³-hybridized carbons (Fsp3) is 0.938. The smallest absolute Gasteiger partial charge is 0.310 e. The third kappa shape index (κ3) is 15.3. The van der Waals surface area contributed by atoms with Crippen LogP contribution in [0.25, 0.3) is 0 Å². The summed E-state index contributed by atoms with van der Waals surface area (Å²) >= 11 is 0. The van der Waals surface area contributed by atoms with E-state index in [0.717, 1.165) is 44.9 Å². The van der Waals surface area contributed by atoms with Crippen LogP contribution in [0.2, 0.25) is 0 Å². The minimum atomic E-state index is -0.329. The van der Waals surface area contributed by atoms with E-state index in [1.807, 2.05) is 6.92 Å². The molecule has 3 unspecified atom stereocenters. The summed E-state index contributed by atoms with van der Waals surface area (Å²) in [5.74, 6) is -0.737. The van der Waals surface area contributed by atoms with Gasteiger partial charge in [-0.25, -0.2) is 0 Å². The molecule has 0 bridgehead atoms. The van der Waals surface area contributed by atoms with Crippen molar-refractivity contribution >= 4 is 11.9 Å². The first kappa shape index (κ1) is 33.0. The summed E-state index contributed by atoms with van der Waals surface area (Å²) in [7, 11) is 0. The van der Waals surface area contributed by atoms with E-state index >= 15 is 0 Å². The Labute approximate surface area is 224 Å². The number of hydrogen-bond donors (Lipinski definition) is 0. The quantitative estimate of drug-likeness (QED) is 0.108. The van der Waals surface area contributed by atoms with Gasteiger partial charge >= 0.3 is 11.9 Å². The van der Waals surface area contributed by atoms with Gasteiger partial charge in [-0.15, -0.1) is 0 Å². The lowest BCUT2D eigenvalue weighted by Gasteiger charge is -2.30. The zero-order chi connectivity index (χ0) is 26.4. The maximum Gasteiger partial charge on any atom is 0.310 e. The second-order valence-electron chi connectivity index (χ2n) is 11.6. The van der Waals surface area contributed by atoms with Crippen molar-refractivity contribution < 1.29 is 19.1 Å². The predicted octanol–water partition coefficient (Wildman–Crippen LogP) is 9.58. The summed E-state index contributed by atoms with van der Waals surface area (Å²) in [4.78, 5) is 25.5. The van der Waals surface area contributed by atoms with Crippen molar-refractivity contribution in [3.63, 3.8) is 0 Å². The van der Waals surface area contributed by atoms with Gasteiger partial charge in [0.1, 0.15) is 6.10 Å². The Kier molecular flexibility index (Phi) is 20.1. The largest absolute Gasteiger partial charge is 0.465 e. The molecule has 0 N–H and O–H groups in total. The van der Waals surface area contributed by atoms with Crippen molar-refractivity contribution in [3.05, 3.63) is 0 Å². The summed E-state index contributed by atoms with van der Waals surface area (Å²) in [6.07, 6.45) is 25.5. The van der Waals surface area contributed by atoms with Crippen LogP contribution in [-0.4, -0.2) is 24.6 Å². The molecule has 1 rings (SSSR count). The molecule has 1 aliphatic carbocycles. The minimum Gasteiger partial charge on any atom is -0.465 e. The van der Waals surface area contributed by atoms with Crippen LogP contribution in [0.15, 0.2) is 0 Å². The van der Waals surface area contributed by atoms with E-state index < -0.39 is 0 Å². The van der Waals surface area contributed by atoms with E-state index in [1.54, 1.807) is 0 Å². The molecule has 212 valence electrons. The minimum absolute atomic E-state index is 0.0683. The molecule has 0 heterocycles. The van der Waals surface area contributed by atoms with Crippen LogP contribution in [0.1, 0.15) is 163 Å². The van der Waals surface area contributed by atoms with Gasteiger partial charge in [0.05, 0.1) is 18.4 Å². The first-order valence-corrected chi connectivity index (χ1v) is 15.9. The summed E-state index contributed by atoms with van der Waals surface area (Å²) in [6, 6.07) is 0. The Hall–Kier alpha value is -1.06. The van der Waals surface area contributed by atoms with Crippen molar-refractivity contribution in [2.45, 2.75) is 169 Å². The normalized spacial score (nSPS) is 18.8. The van der Waals surface area contributed by atoms with Gasteiger partial charge < -0.3 is 9.47 Å². The summed E-state index contributed by atoms with van der Waals surface area (Å²) in [5, 5.41) is 0. The predicted molar refractivity (Wildman–Crippen MR) is 151 cm³/mol. The van der Waals surface area contributed by atoms with Crippen LogP contribution in [0.5, 0.6) is 0 Å². The van der Waals surface area contributed by atoms with Crippen molar-refractivity contribution in [2.24, 2.45) is 17.8 Å². The summed E-state index contributed by atoms with van der Waals surface area (Å²) in [5.41, 5.74) is 0. The lowest BCUT2D eigenvalue weighted by molar-refractivity contribution is -0.167. The molecule has 1 aliphatic rings. The maximum atomic E-state index is 12.8. The van der Waals surface area contributed by atoms with Crippen molar-refractivity contribution in [1.29, 1.82) is 0 Å². The van der Waals surface area contributed by atoms with Crippen LogP contribution in [0, 0.1) is 17.8 Å². The van der Waals surface area contributed by atoms with Crippen LogP contribution < -0.4 is 0 Å². The maximum absolute atomic E-state index is 12.8. The highest BCUT2D eigenvalue weighted by atomic mass is 16.5. The number of carbonyl (C=O) groups is 2. The molecule has 0 aromatic carbocycles. The number of hydrogen-bond acceptors (Lipinski definition) is 4. The monoisotopic (exact) mass is 508 g/mol. The van der Waals surface area contributed by atoms with Gasteiger partial charge in [-0.05, 0) is 31.6 Å². The highest BCUT2D eigenvalue weighted by Crippen LogP contribution is 2.33. The van der Waals surface area contributed by atoms with Gasteiger partial charge in [0, 0.05) is 0 Å². The number of unbranched alkanes of at least 4 members (excludes halogenated alkanes) is 15. The zero-order valence-corrected chi connectivity index (χ0v) is 24.5. The Balaban J connectivity index is 2.04. The van der Waals surface area contributed by atoms with E-state index in [4.69, 9.17) is 9.47 Å². The van der Waals surface area contributed by atoms with Crippen LogP contribution in [0.4, 0.5) is 0 Å². The Morgan fingerprint density at radius 2 is 1.06 bits per heavy atom. The van der Waals surface area contributed by atoms with Crippen molar-refractivity contribution in [1.82, 2.24) is 0 Å². The standard InChI is InChI=1S/C32H60O4/c1-5-7-8-9-10-11-12-13-14-15-16-17-18-19-20-23-26-35-31(33)28-24-21-22-25-29(28)32(34)36-30(6-2)27(3)4/h27-30H,5-26H2,1-4H3. The Bertz CT molecular complexity index is 544. The molecule has 0 aromatic heterocycles. The molecule has 4 heteroatoms. The lowest BCUT2D eigenvalue weighted by atomic mass is 9.79. The number of carbonyl (C=O) groups excluding carboxylic acids is 2. The third-order valence-electron chi connectivity index (χ3n) is 8.03. The lowest BCUT2D eigenvalue weighted by Crippen LogP contribution is -2.37. The molecule has 4 nitrogen and oxygen atoms in total. The molecule has 0 aliphatic heterocycles.